The van der Waals surface area contributed by atoms with Gasteiger partial charge < -0.3 is 10.3 Å². The first-order valence-electron chi connectivity index (χ1n) is 4.09. The minimum Gasteiger partial charge on any atom is -0.334 e. The summed E-state index contributed by atoms with van der Waals surface area (Å²) in [5, 5.41) is 4.27. The summed E-state index contributed by atoms with van der Waals surface area (Å²) in [5.74, 6) is 0.871. The quantitative estimate of drug-likeness (QED) is 0.882. The van der Waals surface area contributed by atoms with E-state index in [2.05, 4.69) is 10.1 Å². The average Bonchev–Trinajstić information content (AvgIpc) is 2.67. The van der Waals surface area contributed by atoms with E-state index in [9.17, 15) is 0 Å². The van der Waals surface area contributed by atoms with E-state index in [1.165, 1.54) is 0 Å². The van der Waals surface area contributed by atoms with Crippen molar-refractivity contribution >= 4 is 24.0 Å². The fraction of sp³-hybridized carbons (Fsp3) is 0.111. The maximum atomic E-state index is 5.95. The average molecular weight is 246 g/mol. The van der Waals surface area contributed by atoms with Crippen LogP contribution >= 0.6 is 24.0 Å². The number of halogens is 2. The Morgan fingerprint density at radius 2 is 2.07 bits per heavy atom. The van der Waals surface area contributed by atoms with Crippen LogP contribution in [-0.2, 0) is 6.54 Å². The van der Waals surface area contributed by atoms with Crippen molar-refractivity contribution in [3.05, 3.63) is 35.1 Å². The molecule has 0 aliphatic carbocycles. The van der Waals surface area contributed by atoms with Gasteiger partial charge in [-0.3, -0.25) is 0 Å². The van der Waals surface area contributed by atoms with E-state index in [0.29, 0.717) is 16.7 Å². The molecule has 80 valence electrons. The molecule has 1 aromatic heterocycles. The lowest BCUT2D eigenvalue weighted by atomic mass is 10.2. The Bertz CT molecular complexity index is 444. The third-order valence-electron chi connectivity index (χ3n) is 1.75. The molecule has 0 bridgehead atoms. The minimum absolute atomic E-state index is 0. The number of nitrogens with zero attached hydrogens (tertiary/aromatic N) is 2. The first-order valence-corrected chi connectivity index (χ1v) is 4.46. The molecule has 0 spiro atoms. The highest BCUT2D eigenvalue weighted by Gasteiger charge is 2.10. The van der Waals surface area contributed by atoms with Crippen LogP contribution < -0.4 is 5.73 Å². The summed E-state index contributed by atoms with van der Waals surface area (Å²) in [6.45, 7) is 0.258. The van der Waals surface area contributed by atoms with Gasteiger partial charge in [0.25, 0.3) is 5.89 Å². The molecule has 0 fully saturated rings. The van der Waals surface area contributed by atoms with Crippen LogP contribution in [0.5, 0.6) is 0 Å². The van der Waals surface area contributed by atoms with Crippen LogP contribution in [-0.4, -0.2) is 10.1 Å². The Balaban J connectivity index is 0.00000112. The van der Waals surface area contributed by atoms with Gasteiger partial charge in [-0.05, 0) is 12.1 Å². The van der Waals surface area contributed by atoms with Crippen LogP contribution in [0.3, 0.4) is 0 Å². The van der Waals surface area contributed by atoms with Crippen LogP contribution in [0.2, 0.25) is 5.02 Å². The van der Waals surface area contributed by atoms with Gasteiger partial charge in [-0.2, -0.15) is 4.98 Å². The van der Waals surface area contributed by atoms with Gasteiger partial charge in [0, 0.05) is 0 Å². The van der Waals surface area contributed by atoms with E-state index >= 15 is 0 Å². The molecular weight excluding hydrogens is 237 g/mol. The molecule has 1 heterocycles. The molecule has 2 N–H and O–H groups in total. The smallest absolute Gasteiger partial charge is 0.259 e. The molecule has 1 aromatic carbocycles. The third-order valence-corrected chi connectivity index (χ3v) is 2.08. The number of rotatable bonds is 2. The fourth-order valence-corrected chi connectivity index (χ4v) is 1.30. The summed E-state index contributed by atoms with van der Waals surface area (Å²) in [6.07, 6.45) is 0. The largest absolute Gasteiger partial charge is 0.334 e. The summed E-state index contributed by atoms with van der Waals surface area (Å²) in [7, 11) is 0. The van der Waals surface area contributed by atoms with Crippen molar-refractivity contribution in [3.8, 4) is 11.5 Å². The minimum atomic E-state index is 0. The second-order valence-corrected chi connectivity index (χ2v) is 3.11. The highest BCUT2D eigenvalue weighted by molar-refractivity contribution is 6.33. The summed E-state index contributed by atoms with van der Waals surface area (Å²) in [6, 6.07) is 7.28. The van der Waals surface area contributed by atoms with Gasteiger partial charge in [0.1, 0.15) is 0 Å². The van der Waals surface area contributed by atoms with Crippen LogP contribution in [0.25, 0.3) is 11.5 Å². The Hall–Kier alpha value is -1.10. The van der Waals surface area contributed by atoms with E-state index < -0.39 is 0 Å². The van der Waals surface area contributed by atoms with E-state index in [0.717, 1.165) is 5.56 Å². The summed E-state index contributed by atoms with van der Waals surface area (Å²) >= 11 is 5.95. The summed E-state index contributed by atoms with van der Waals surface area (Å²) < 4.78 is 5.00. The lowest BCUT2D eigenvalue weighted by Crippen LogP contribution is -1.97. The number of hydrogen-bond acceptors (Lipinski definition) is 4. The lowest BCUT2D eigenvalue weighted by molar-refractivity contribution is 0.423. The van der Waals surface area contributed by atoms with Crippen LogP contribution in [0.15, 0.2) is 28.8 Å². The molecule has 0 saturated heterocycles. The van der Waals surface area contributed by atoms with Crippen molar-refractivity contribution in [2.24, 2.45) is 5.73 Å². The van der Waals surface area contributed by atoms with Crippen molar-refractivity contribution in [1.29, 1.82) is 0 Å². The van der Waals surface area contributed by atoms with E-state index in [1.54, 1.807) is 6.07 Å². The van der Waals surface area contributed by atoms with E-state index in [-0.39, 0.29) is 19.0 Å². The normalized spacial score (nSPS) is 9.73. The summed E-state index contributed by atoms with van der Waals surface area (Å²) in [4.78, 5) is 4.07. The molecule has 0 saturated carbocycles. The maximum absolute atomic E-state index is 5.95. The van der Waals surface area contributed by atoms with Gasteiger partial charge in [0.2, 0.25) is 0 Å². The highest BCUT2D eigenvalue weighted by atomic mass is 35.5. The van der Waals surface area contributed by atoms with Crippen molar-refractivity contribution in [3.63, 3.8) is 0 Å². The molecule has 0 aliphatic rings. The molecule has 0 unspecified atom stereocenters. The molecule has 0 atom stereocenters. The van der Waals surface area contributed by atoms with Crippen LogP contribution in [0, 0.1) is 0 Å². The summed E-state index contributed by atoms with van der Waals surface area (Å²) in [5.41, 5.74) is 6.08. The molecule has 0 radical (unpaired) electrons. The van der Waals surface area contributed by atoms with Gasteiger partial charge in [-0.25, -0.2) is 0 Å². The van der Waals surface area contributed by atoms with Gasteiger partial charge in [-0.1, -0.05) is 28.9 Å². The fourth-order valence-electron chi connectivity index (χ4n) is 1.08. The third kappa shape index (κ3) is 2.47. The van der Waals surface area contributed by atoms with Crippen LogP contribution in [0.1, 0.15) is 5.82 Å². The molecule has 2 rings (SSSR count). The van der Waals surface area contributed by atoms with Gasteiger partial charge in [-0.15, -0.1) is 12.4 Å². The van der Waals surface area contributed by atoms with Crippen molar-refractivity contribution < 1.29 is 4.52 Å². The number of benzene rings is 1. The molecule has 15 heavy (non-hydrogen) atoms. The zero-order valence-corrected chi connectivity index (χ0v) is 9.26. The standard InChI is InChI=1S/C9H8ClN3O.ClH/c10-7-4-2-1-3-6(7)9-12-8(5-11)13-14-9;/h1-4H,5,11H2;1H. The number of hydrogen-bond donors (Lipinski definition) is 1. The van der Waals surface area contributed by atoms with Crippen LogP contribution in [0.4, 0.5) is 0 Å². The molecule has 2 aromatic rings. The Morgan fingerprint density at radius 3 is 2.67 bits per heavy atom. The maximum Gasteiger partial charge on any atom is 0.259 e. The molecular formula is C9H9Cl2N3O. The predicted octanol–water partition coefficient (Wildman–Crippen LogP) is 2.27. The topological polar surface area (TPSA) is 64.9 Å². The van der Waals surface area contributed by atoms with Gasteiger partial charge in [0.15, 0.2) is 5.82 Å². The van der Waals surface area contributed by atoms with Gasteiger partial charge in [0.05, 0.1) is 17.1 Å². The molecule has 0 aliphatic heterocycles. The number of aromatic nitrogens is 2. The predicted molar refractivity (Wildman–Crippen MR) is 59.9 cm³/mol. The first kappa shape index (κ1) is 12.0. The zero-order chi connectivity index (χ0) is 9.97. The van der Waals surface area contributed by atoms with Crippen molar-refractivity contribution in [1.82, 2.24) is 10.1 Å². The molecule has 4 nitrogen and oxygen atoms in total. The Kier molecular flexibility index (Phi) is 4.08. The number of nitrogens with two attached hydrogens (primary N) is 1. The Morgan fingerprint density at radius 1 is 1.33 bits per heavy atom. The highest BCUT2D eigenvalue weighted by Crippen LogP contribution is 2.25. The second kappa shape index (κ2) is 5.11. The van der Waals surface area contributed by atoms with E-state index in [1.807, 2.05) is 18.2 Å². The monoisotopic (exact) mass is 245 g/mol. The van der Waals surface area contributed by atoms with E-state index in [4.69, 9.17) is 21.9 Å². The zero-order valence-electron chi connectivity index (χ0n) is 7.68. The SMILES string of the molecule is Cl.NCc1noc(-c2ccccc2Cl)n1. The van der Waals surface area contributed by atoms with Crippen molar-refractivity contribution in [2.75, 3.05) is 0 Å². The lowest BCUT2D eigenvalue weighted by Gasteiger charge is -1.95. The Labute approximate surface area is 97.8 Å². The first-order chi connectivity index (χ1) is 6.81. The van der Waals surface area contributed by atoms with Gasteiger partial charge >= 0.3 is 0 Å². The second-order valence-electron chi connectivity index (χ2n) is 2.70. The van der Waals surface area contributed by atoms with Crippen molar-refractivity contribution in [2.45, 2.75) is 6.54 Å². The molecule has 0 amide bonds. The molecule has 6 heteroatoms.